The summed E-state index contributed by atoms with van der Waals surface area (Å²) in [4.78, 5) is 26.9. The fourth-order valence-electron chi connectivity index (χ4n) is 4.74. The fraction of sp³-hybridized carbons (Fsp3) is 0.636. The maximum absolute atomic E-state index is 12.7. The molecule has 29 heavy (non-hydrogen) atoms. The number of piperidine rings is 1. The van der Waals surface area contributed by atoms with Crippen LogP contribution in [0.1, 0.15) is 44.9 Å². The minimum atomic E-state index is -1.13. The van der Waals surface area contributed by atoms with Gasteiger partial charge in [-0.3, -0.25) is 9.59 Å². The van der Waals surface area contributed by atoms with Gasteiger partial charge in [0.15, 0.2) is 6.10 Å². The van der Waals surface area contributed by atoms with E-state index in [-0.39, 0.29) is 29.7 Å². The van der Waals surface area contributed by atoms with Gasteiger partial charge >= 0.3 is 0 Å². The topological polar surface area (TPSA) is 102 Å². The van der Waals surface area contributed by atoms with E-state index in [2.05, 4.69) is 10.6 Å². The number of nitrogens with zero attached hydrogens (tertiary/aromatic N) is 1. The summed E-state index contributed by atoms with van der Waals surface area (Å²) < 4.78 is 0. The number of Topliss-reactive ketones (excluding diaryl/α,β-unsaturated/α-hetero) is 1. The Morgan fingerprint density at radius 1 is 1.07 bits per heavy atom. The van der Waals surface area contributed by atoms with Crippen LogP contribution in [-0.4, -0.2) is 64.2 Å². The van der Waals surface area contributed by atoms with Crippen molar-refractivity contribution < 1.29 is 19.8 Å². The quantitative estimate of drug-likeness (QED) is 0.542. The standard InChI is InChI=1S/C22H31N3O4/c26-17-13-14(22(29)25-11-5-2-6-12-25)9-10-16(17)24-19-18(20(27)21(19)28)23-15-7-3-1-4-8-15/h1,3-4,7,14-17,20,23-24,26-27H,2,5-6,8-13H2/t14-,15?,16?,17?,20?/m0/s1. The van der Waals surface area contributed by atoms with E-state index in [1.807, 2.05) is 29.2 Å². The van der Waals surface area contributed by atoms with Crippen LogP contribution >= 0.6 is 0 Å². The molecule has 1 heterocycles. The lowest BCUT2D eigenvalue weighted by Gasteiger charge is -2.39. The number of aliphatic hydroxyl groups excluding tert-OH is 2. The molecule has 1 saturated carbocycles. The minimum absolute atomic E-state index is 0.0392. The number of allylic oxidation sites excluding steroid dienone is 2. The Morgan fingerprint density at radius 3 is 2.55 bits per heavy atom. The molecule has 0 bridgehead atoms. The third-order valence-corrected chi connectivity index (χ3v) is 6.52. The van der Waals surface area contributed by atoms with Gasteiger partial charge in [-0.05, 0) is 44.9 Å². The number of aliphatic hydroxyl groups is 2. The highest BCUT2D eigenvalue weighted by Gasteiger charge is 2.42. The molecule has 7 heteroatoms. The summed E-state index contributed by atoms with van der Waals surface area (Å²) in [6.07, 6.45) is 11.9. The van der Waals surface area contributed by atoms with E-state index in [4.69, 9.17) is 0 Å². The van der Waals surface area contributed by atoms with Gasteiger partial charge in [0.2, 0.25) is 11.7 Å². The van der Waals surface area contributed by atoms with E-state index < -0.39 is 12.2 Å². The first kappa shape index (κ1) is 20.2. The number of hydrogen-bond donors (Lipinski definition) is 4. The first-order valence-corrected chi connectivity index (χ1v) is 10.8. The molecule has 158 valence electrons. The van der Waals surface area contributed by atoms with Crippen LogP contribution in [-0.2, 0) is 9.59 Å². The van der Waals surface area contributed by atoms with Crippen molar-refractivity contribution in [2.45, 2.75) is 69.2 Å². The molecule has 0 radical (unpaired) electrons. The van der Waals surface area contributed by atoms with Crippen molar-refractivity contribution in [1.29, 1.82) is 0 Å². The molecule has 2 fully saturated rings. The Hall–Kier alpha value is -2.12. The molecule has 5 atom stereocenters. The number of ketones is 1. The molecule has 4 N–H and O–H groups in total. The van der Waals surface area contributed by atoms with Crippen LogP contribution < -0.4 is 10.6 Å². The summed E-state index contributed by atoms with van der Waals surface area (Å²) in [6.45, 7) is 1.65. The molecule has 0 aromatic rings. The summed E-state index contributed by atoms with van der Waals surface area (Å²) in [5, 5.41) is 27.1. The van der Waals surface area contributed by atoms with Gasteiger partial charge in [-0.15, -0.1) is 0 Å². The third kappa shape index (κ3) is 4.26. The van der Waals surface area contributed by atoms with Crippen LogP contribution in [0.25, 0.3) is 0 Å². The van der Waals surface area contributed by atoms with Crippen LogP contribution in [0.3, 0.4) is 0 Å². The van der Waals surface area contributed by atoms with E-state index in [0.717, 1.165) is 32.4 Å². The predicted octanol–water partition coefficient (Wildman–Crippen LogP) is 0.748. The average Bonchev–Trinajstić information content (AvgIpc) is 2.77. The molecule has 3 aliphatic carbocycles. The zero-order valence-corrected chi connectivity index (χ0v) is 16.7. The van der Waals surface area contributed by atoms with E-state index in [9.17, 15) is 19.8 Å². The summed E-state index contributed by atoms with van der Waals surface area (Å²) in [5.41, 5.74) is 0.865. The zero-order valence-electron chi connectivity index (χ0n) is 16.7. The largest absolute Gasteiger partial charge is 0.391 e. The predicted molar refractivity (Wildman–Crippen MR) is 109 cm³/mol. The summed E-state index contributed by atoms with van der Waals surface area (Å²) in [6, 6.07) is -0.247. The molecule has 1 amide bonds. The van der Waals surface area contributed by atoms with Gasteiger partial charge in [0.1, 0.15) is 5.70 Å². The SMILES string of the molecule is O=C1C(NC2CC[C@H](C(=O)N3CCCCC3)CC2O)=C(NC2C=CC=CC2)C1O. The lowest BCUT2D eigenvalue weighted by Crippen LogP contribution is -2.55. The second-order valence-electron chi connectivity index (χ2n) is 8.57. The Labute approximate surface area is 171 Å². The van der Waals surface area contributed by atoms with Crippen molar-refractivity contribution in [3.8, 4) is 0 Å². The van der Waals surface area contributed by atoms with Gasteiger partial charge < -0.3 is 25.7 Å². The van der Waals surface area contributed by atoms with Gasteiger partial charge in [-0.1, -0.05) is 24.3 Å². The molecule has 1 aliphatic heterocycles. The first-order chi connectivity index (χ1) is 14.0. The van der Waals surface area contributed by atoms with Crippen LogP contribution in [0.5, 0.6) is 0 Å². The van der Waals surface area contributed by atoms with Crippen molar-refractivity contribution in [3.63, 3.8) is 0 Å². The number of rotatable bonds is 5. The molecule has 0 spiro atoms. The molecule has 4 aliphatic rings. The van der Waals surface area contributed by atoms with Gasteiger partial charge in [0.05, 0.1) is 17.8 Å². The first-order valence-electron chi connectivity index (χ1n) is 10.8. The lowest BCUT2D eigenvalue weighted by atomic mass is 9.81. The fourth-order valence-corrected chi connectivity index (χ4v) is 4.74. The maximum atomic E-state index is 12.7. The third-order valence-electron chi connectivity index (χ3n) is 6.52. The number of carbonyl (C=O) groups is 2. The van der Waals surface area contributed by atoms with Crippen LogP contribution in [0, 0.1) is 5.92 Å². The molecular formula is C22H31N3O4. The second kappa shape index (κ2) is 8.71. The highest BCUT2D eigenvalue weighted by atomic mass is 16.3. The number of likely N-dealkylation sites (tertiary alicyclic amines) is 1. The van der Waals surface area contributed by atoms with Gasteiger partial charge in [-0.2, -0.15) is 0 Å². The Morgan fingerprint density at radius 2 is 1.86 bits per heavy atom. The van der Waals surface area contributed by atoms with Crippen LogP contribution in [0.2, 0.25) is 0 Å². The zero-order chi connectivity index (χ0) is 20.4. The van der Waals surface area contributed by atoms with Gasteiger partial charge in [0, 0.05) is 25.0 Å². The van der Waals surface area contributed by atoms with Crippen molar-refractivity contribution in [2.75, 3.05) is 13.1 Å². The Bertz CT molecular complexity index is 738. The van der Waals surface area contributed by atoms with E-state index in [1.54, 1.807) is 0 Å². The van der Waals surface area contributed by atoms with Crippen molar-refractivity contribution >= 4 is 11.7 Å². The molecule has 0 aromatic carbocycles. The van der Waals surface area contributed by atoms with E-state index in [1.165, 1.54) is 6.42 Å². The average molecular weight is 402 g/mol. The molecule has 0 aromatic heterocycles. The number of hydrogen-bond acceptors (Lipinski definition) is 6. The van der Waals surface area contributed by atoms with Gasteiger partial charge in [0.25, 0.3) is 0 Å². The molecule has 1 saturated heterocycles. The van der Waals surface area contributed by atoms with Gasteiger partial charge in [-0.25, -0.2) is 0 Å². The molecular weight excluding hydrogens is 370 g/mol. The number of amides is 1. The van der Waals surface area contributed by atoms with Crippen LogP contribution in [0.15, 0.2) is 35.7 Å². The van der Waals surface area contributed by atoms with Crippen LogP contribution in [0.4, 0.5) is 0 Å². The molecule has 4 rings (SSSR count). The Balaban J connectivity index is 1.35. The van der Waals surface area contributed by atoms with E-state index >= 15 is 0 Å². The number of nitrogens with one attached hydrogen (secondary N) is 2. The lowest BCUT2D eigenvalue weighted by molar-refractivity contribution is -0.139. The summed E-state index contributed by atoms with van der Waals surface area (Å²) in [7, 11) is 0. The maximum Gasteiger partial charge on any atom is 0.225 e. The van der Waals surface area contributed by atoms with Crippen molar-refractivity contribution in [1.82, 2.24) is 15.5 Å². The van der Waals surface area contributed by atoms with Crippen molar-refractivity contribution in [2.24, 2.45) is 5.92 Å². The van der Waals surface area contributed by atoms with E-state index in [0.29, 0.717) is 30.7 Å². The number of carbonyl (C=O) groups excluding carboxylic acids is 2. The second-order valence-corrected chi connectivity index (χ2v) is 8.57. The highest BCUT2D eigenvalue weighted by molar-refractivity contribution is 6.08. The molecule has 4 unspecified atom stereocenters. The summed E-state index contributed by atoms with van der Waals surface area (Å²) >= 11 is 0. The van der Waals surface area contributed by atoms with Crippen molar-refractivity contribution in [3.05, 3.63) is 35.7 Å². The highest BCUT2D eigenvalue weighted by Crippen LogP contribution is 2.30. The normalized spacial score (nSPS) is 34.8. The smallest absolute Gasteiger partial charge is 0.225 e. The Kier molecular flexibility index (Phi) is 6.06. The summed E-state index contributed by atoms with van der Waals surface area (Å²) in [5.74, 6) is -0.327. The minimum Gasteiger partial charge on any atom is -0.391 e. The molecule has 7 nitrogen and oxygen atoms in total. The monoisotopic (exact) mass is 401 g/mol.